The molecule has 4 rings (SSSR count). The number of nitrogens with zero attached hydrogens (tertiary/aromatic N) is 2. The summed E-state index contributed by atoms with van der Waals surface area (Å²) in [5, 5.41) is 4.16. The number of aromatic nitrogens is 2. The maximum atomic E-state index is 13.7. The second kappa shape index (κ2) is 8.19. The van der Waals surface area contributed by atoms with Crippen molar-refractivity contribution in [3.8, 4) is 16.8 Å². The molecule has 31 heavy (non-hydrogen) atoms. The van der Waals surface area contributed by atoms with Crippen molar-refractivity contribution < 1.29 is 17.2 Å². The summed E-state index contributed by atoms with van der Waals surface area (Å²) in [5.41, 5.74) is 2.77. The van der Waals surface area contributed by atoms with Gasteiger partial charge in [0.2, 0.25) is 0 Å². The zero-order valence-corrected chi connectivity index (χ0v) is 17.6. The van der Waals surface area contributed by atoms with Crippen molar-refractivity contribution in [2.24, 2.45) is 0 Å². The summed E-state index contributed by atoms with van der Waals surface area (Å²) >= 11 is 0. The Labute approximate surface area is 178 Å². The van der Waals surface area contributed by atoms with Gasteiger partial charge in [-0.3, -0.25) is 4.79 Å². The van der Waals surface area contributed by atoms with Gasteiger partial charge in [-0.2, -0.15) is 9.78 Å². The molecule has 2 aromatic carbocycles. The van der Waals surface area contributed by atoms with Gasteiger partial charge < -0.3 is 0 Å². The van der Waals surface area contributed by atoms with Crippen LogP contribution >= 0.6 is 0 Å². The lowest BCUT2D eigenvalue weighted by Gasteiger charge is -2.12. The summed E-state index contributed by atoms with van der Waals surface area (Å²) in [6.45, 7) is 0. The average molecular weight is 442 g/mol. The van der Waals surface area contributed by atoms with Crippen LogP contribution in [0.3, 0.4) is 0 Å². The van der Waals surface area contributed by atoms with E-state index in [1.807, 2.05) is 0 Å². The topological polar surface area (TPSA) is 69.0 Å². The summed E-state index contributed by atoms with van der Waals surface area (Å²) in [6.07, 6.45) is 8.00. The highest BCUT2D eigenvalue weighted by Gasteiger charge is 2.17. The first-order valence-electron chi connectivity index (χ1n) is 9.79. The SMILES string of the molecule is CS(=O)(=O)c1ccc(-c2cnn(-c3ccc(F)c(F)c3)c(=O)c2CCC=C2CC2)cc1. The van der Waals surface area contributed by atoms with Gasteiger partial charge in [0.05, 0.1) is 16.8 Å². The molecule has 0 unspecified atom stereocenters. The Balaban J connectivity index is 1.80. The Morgan fingerprint density at radius 1 is 1.06 bits per heavy atom. The van der Waals surface area contributed by atoms with E-state index in [0.717, 1.165) is 35.9 Å². The van der Waals surface area contributed by atoms with Crippen LogP contribution in [0.2, 0.25) is 0 Å². The van der Waals surface area contributed by atoms with Crippen molar-refractivity contribution in [3.63, 3.8) is 0 Å². The first kappa shape index (κ1) is 21.1. The van der Waals surface area contributed by atoms with E-state index >= 15 is 0 Å². The molecule has 0 bridgehead atoms. The third kappa shape index (κ3) is 4.64. The number of sulfone groups is 1. The molecule has 1 aliphatic carbocycles. The van der Waals surface area contributed by atoms with E-state index in [1.54, 1.807) is 12.1 Å². The molecule has 0 radical (unpaired) electrons. The Kier molecular flexibility index (Phi) is 5.58. The van der Waals surface area contributed by atoms with Gasteiger partial charge in [0, 0.05) is 23.4 Å². The van der Waals surface area contributed by atoms with Gasteiger partial charge in [0.1, 0.15) is 0 Å². The molecule has 1 aromatic heterocycles. The van der Waals surface area contributed by atoms with Crippen LogP contribution in [0.4, 0.5) is 8.78 Å². The number of rotatable bonds is 6. The molecule has 1 aliphatic rings. The number of benzene rings is 2. The van der Waals surface area contributed by atoms with Crippen LogP contribution in [0.15, 0.2) is 70.0 Å². The molecule has 160 valence electrons. The molecule has 0 amide bonds. The summed E-state index contributed by atoms with van der Waals surface area (Å²) in [6, 6.07) is 9.43. The fourth-order valence-corrected chi connectivity index (χ4v) is 3.99. The summed E-state index contributed by atoms with van der Waals surface area (Å²) in [4.78, 5) is 13.4. The Morgan fingerprint density at radius 2 is 1.77 bits per heavy atom. The minimum absolute atomic E-state index is 0.129. The molecular weight excluding hydrogens is 422 g/mol. The molecule has 0 spiro atoms. The highest BCUT2D eigenvalue weighted by molar-refractivity contribution is 7.90. The van der Waals surface area contributed by atoms with Crippen molar-refractivity contribution in [1.29, 1.82) is 0 Å². The molecule has 8 heteroatoms. The molecule has 1 heterocycles. The van der Waals surface area contributed by atoms with E-state index in [2.05, 4.69) is 11.2 Å². The van der Waals surface area contributed by atoms with E-state index in [9.17, 15) is 22.0 Å². The van der Waals surface area contributed by atoms with Gasteiger partial charge in [-0.25, -0.2) is 17.2 Å². The smallest absolute Gasteiger partial charge is 0.267 e. The number of allylic oxidation sites excluding steroid dienone is 2. The van der Waals surface area contributed by atoms with Crippen molar-refractivity contribution >= 4 is 9.84 Å². The first-order valence-corrected chi connectivity index (χ1v) is 11.7. The van der Waals surface area contributed by atoms with Gasteiger partial charge in [-0.15, -0.1) is 0 Å². The summed E-state index contributed by atoms with van der Waals surface area (Å²) in [5.74, 6) is -2.07. The van der Waals surface area contributed by atoms with Gasteiger partial charge in [0.25, 0.3) is 5.56 Å². The van der Waals surface area contributed by atoms with E-state index in [0.29, 0.717) is 29.5 Å². The fraction of sp³-hybridized carbons (Fsp3) is 0.217. The average Bonchev–Trinajstić information content (AvgIpc) is 3.55. The molecule has 0 saturated heterocycles. The number of hydrogen-bond acceptors (Lipinski definition) is 4. The Bertz CT molecular complexity index is 1340. The normalized spacial score (nSPS) is 13.3. The van der Waals surface area contributed by atoms with E-state index in [1.165, 1.54) is 30.0 Å². The predicted molar refractivity (Wildman–Crippen MR) is 114 cm³/mol. The highest BCUT2D eigenvalue weighted by Crippen LogP contribution is 2.29. The van der Waals surface area contributed by atoms with Crippen molar-refractivity contribution in [3.05, 3.63) is 87.9 Å². The highest BCUT2D eigenvalue weighted by atomic mass is 32.2. The van der Waals surface area contributed by atoms with Crippen molar-refractivity contribution in [2.75, 3.05) is 6.26 Å². The van der Waals surface area contributed by atoms with Crippen LogP contribution in [0.1, 0.15) is 24.8 Å². The van der Waals surface area contributed by atoms with Crippen molar-refractivity contribution in [2.45, 2.75) is 30.6 Å². The predicted octanol–water partition coefficient (Wildman–Crippen LogP) is 4.23. The lowest BCUT2D eigenvalue weighted by molar-refractivity contribution is 0.507. The van der Waals surface area contributed by atoms with E-state index in [4.69, 9.17) is 0 Å². The standard InChI is InChI=1S/C23H20F2N2O3S/c1-31(29,30)18-10-7-16(8-11-18)20-14-26-27(17-9-12-21(24)22(25)13-17)23(28)19(20)4-2-3-15-5-6-15/h3,7-14H,2,4-6H2,1H3. The fourth-order valence-electron chi connectivity index (χ4n) is 3.36. The van der Waals surface area contributed by atoms with Crippen molar-refractivity contribution in [1.82, 2.24) is 9.78 Å². The molecule has 3 aromatic rings. The molecule has 0 N–H and O–H groups in total. The number of hydrogen-bond donors (Lipinski definition) is 0. The molecule has 0 atom stereocenters. The van der Waals surface area contributed by atoms with Crippen LogP contribution in [0.5, 0.6) is 0 Å². The zero-order chi connectivity index (χ0) is 22.2. The monoisotopic (exact) mass is 442 g/mol. The molecule has 1 fully saturated rings. The quantitative estimate of drug-likeness (QED) is 0.536. The zero-order valence-electron chi connectivity index (χ0n) is 16.8. The molecule has 5 nitrogen and oxygen atoms in total. The summed E-state index contributed by atoms with van der Waals surface area (Å²) in [7, 11) is -3.34. The lowest BCUT2D eigenvalue weighted by atomic mass is 9.99. The molecule has 0 aliphatic heterocycles. The summed E-state index contributed by atoms with van der Waals surface area (Å²) < 4.78 is 51.5. The second-order valence-corrected chi connectivity index (χ2v) is 9.57. The molecule has 1 saturated carbocycles. The van der Waals surface area contributed by atoms with Gasteiger partial charge in [-0.05, 0) is 55.5 Å². The minimum atomic E-state index is -3.34. The largest absolute Gasteiger partial charge is 0.275 e. The van der Waals surface area contributed by atoms with Gasteiger partial charge in [-0.1, -0.05) is 23.8 Å². The maximum absolute atomic E-state index is 13.7. The van der Waals surface area contributed by atoms with Crippen LogP contribution in [0.25, 0.3) is 16.8 Å². The Hall–Kier alpha value is -3.13. The van der Waals surface area contributed by atoms with Crippen LogP contribution in [-0.2, 0) is 16.3 Å². The molecular formula is C23H20F2N2O3S. The minimum Gasteiger partial charge on any atom is -0.267 e. The van der Waals surface area contributed by atoms with Crippen LogP contribution < -0.4 is 5.56 Å². The van der Waals surface area contributed by atoms with Crippen LogP contribution in [0, 0.1) is 11.6 Å². The third-order valence-corrected chi connectivity index (χ3v) is 6.31. The third-order valence-electron chi connectivity index (χ3n) is 5.19. The number of halogens is 2. The second-order valence-electron chi connectivity index (χ2n) is 7.55. The maximum Gasteiger partial charge on any atom is 0.275 e. The first-order chi connectivity index (χ1) is 14.7. The van der Waals surface area contributed by atoms with Gasteiger partial charge >= 0.3 is 0 Å². The van der Waals surface area contributed by atoms with E-state index in [-0.39, 0.29) is 10.6 Å². The van der Waals surface area contributed by atoms with Gasteiger partial charge in [0.15, 0.2) is 21.5 Å². The Morgan fingerprint density at radius 3 is 2.39 bits per heavy atom. The van der Waals surface area contributed by atoms with E-state index < -0.39 is 27.0 Å². The van der Waals surface area contributed by atoms with Crippen LogP contribution in [-0.4, -0.2) is 24.5 Å². The lowest BCUT2D eigenvalue weighted by Crippen LogP contribution is -2.25.